The molecule has 0 fully saturated rings. The molecule has 0 aromatic heterocycles. The average molecular weight is 193 g/mol. The second kappa shape index (κ2) is 5.30. The molecule has 1 nitrogen and oxygen atoms in total. The summed E-state index contributed by atoms with van der Waals surface area (Å²) >= 11 is 0. The molecule has 72 valence electrons. The molecule has 12 heavy (non-hydrogen) atoms. The molecule has 0 aliphatic carbocycles. The highest BCUT2D eigenvalue weighted by atomic mass is 28.4. The van der Waals surface area contributed by atoms with Crippen LogP contribution in [0.5, 0.6) is 0 Å². The Kier molecular flexibility index (Phi) is 5.13. The van der Waals surface area contributed by atoms with E-state index in [1.165, 1.54) is 6.20 Å². The lowest BCUT2D eigenvalue weighted by atomic mass is 10.2. The summed E-state index contributed by atoms with van der Waals surface area (Å²) in [4.78, 5) is 1.93. The molecule has 0 aliphatic rings. The second-order valence-corrected chi connectivity index (χ2v) is 4.36. The fourth-order valence-corrected chi connectivity index (χ4v) is 1.43. The Hall–Kier alpha value is -0.383. The van der Waals surface area contributed by atoms with Crippen molar-refractivity contribution in [2.24, 2.45) is 0 Å². The summed E-state index contributed by atoms with van der Waals surface area (Å²) in [5, 5.41) is 0. The van der Waals surface area contributed by atoms with Crippen LogP contribution in [0.3, 0.4) is 0 Å². The van der Waals surface area contributed by atoms with Gasteiger partial charge < -0.3 is 4.90 Å². The van der Waals surface area contributed by atoms with Crippen LogP contribution < -0.4 is 0 Å². The third-order valence-electron chi connectivity index (χ3n) is 1.60. The Balaban J connectivity index is 4.14. The van der Waals surface area contributed by atoms with Crippen LogP contribution in [0.25, 0.3) is 0 Å². The van der Waals surface area contributed by atoms with Crippen molar-refractivity contribution in [2.75, 3.05) is 0 Å². The van der Waals surface area contributed by atoms with Crippen LogP contribution in [0.15, 0.2) is 11.9 Å². The lowest BCUT2D eigenvalue weighted by molar-refractivity contribution is 0.256. The molecule has 0 rings (SSSR count). The molecule has 0 amide bonds. The molecular formula is C8H17F2NSi. The van der Waals surface area contributed by atoms with Crippen molar-refractivity contribution in [1.82, 2.24) is 4.90 Å². The zero-order valence-electron chi connectivity index (χ0n) is 8.09. The molecule has 0 spiro atoms. The zero-order valence-corrected chi connectivity index (χ0v) is 9.24. The molecule has 0 aromatic carbocycles. The highest BCUT2D eigenvalue weighted by Crippen LogP contribution is 2.05. The summed E-state index contributed by atoms with van der Waals surface area (Å²) < 4.78 is 23.9. The predicted molar refractivity (Wildman–Crippen MR) is 50.6 cm³/mol. The number of nitrogens with zero attached hydrogens (tertiary/aromatic N) is 1. The third kappa shape index (κ3) is 4.49. The number of rotatable bonds is 4. The van der Waals surface area contributed by atoms with Gasteiger partial charge in [0.2, 0.25) is 0 Å². The summed E-state index contributed by atoms with van der Waals surface area (Å²) in [6.07, 6.45) is 1.53. The normalized spacial score (nSPS) is 12.4. The molecule has 0 aromatic rings. The van der Waals surface area contributed by atoms with Crippen molar-refractivity contribution in [1.29, 1.82) is 0 Å². The van der Waals surface area contributed by atoms with E-state index < -0.39 is 9.46 Å². The molecule has 0 saturated heterocycles. The van der Waals surface area contributed by atoms with Gasteiger partial charge >= 0.3 is 9.46 Å². The second-order valence-electron chi connectivity index (χ2n) is 3.31. The Labute approximate surface area is 75.0 Å². The summed E-state index contributed by atoms with van der Waals surface area (Å²) in [6, 6.07) is 0.572. The minimum Gasteiger partial charge on any atom is -0.373 e. The van der Waals surface area contributed by atoms with Crippen LogP contribution in [-0.2, 0) is 0 Å². The van der Waals surface area contributed by atoms with E-state index in [2.05, 4.69) is 0 Å². The third-order valence-corrected chi connectivity index (χ3v) is 2.06. The number of halogens is 2. The van der Waals surface area contributed by atoms with Crippen LogP contribution in [-0.4, -0.2) is 26.4 Å². The van der Waals surface area contributed by atoms with Gasteiger partial charge in [0.05, 0.1) is 0 Å². The maximum Gasteiger partial charge on any atom is 0.436 e. The Morgan fingerprint density at radius 2 is 1.50 bits per heavy atom. The first-order valence-corrected chi connectivity index (χ1v) is 5.73. The predicted octanol–water partition coefficient (Wildman–Crippen LogP) is 2.32. The quantitative estimate of drug-likeness (QED) is 0.489. The van der Waals surface area contributed by atoms with Gasteiger partial charge in [0, 0.05) is 12.1 Å². The molecular weight excluding hydrogens is 176 g/mol. The van der Waals surface area contributed by atoms with Gasteiger partial charge in [-0.05, 0) is 39.6 Å². The summed E-state index contributed by atoms with van der Waals surface area (Å²) in [7, 11) is -3.53. The maximum absolute atomic E-state index is 11.9. The molecule has 4 heteroatoms. The van der Waals surface area contributed by atoms with Crippen molar-refractivity contribution in [3.8, 4) is 0 Å². The van der Waals surface area contributed by atoms with Gasteiger partial charge in [-0.1, -0.05) is 0 Å². The van der Waals surface area contributed by atoms with Crippen molar-refractivity contribution >= 4 is 9.46 Å². The van der Waals surface area contributed by atoms with Gasteiger partial charge in [-0.15, -0.1) is 0 Å². The Morgan fingerprint density at radius 1 is 1.08 bits per heavy atom. The van der Waals surface area contributed by atoms with E-state index in [0.29, 0.717) is 0 Å². The van der Waals surface area contributed by atoms with E-state index in [0.717, 1.165) is 5.70 Å². The summed E-state index contributed by atoms with van der Waals surface area (Å²) in [5.41, 5.74) is 1.06. The van der Waals surface area contributed by atoms with Gasteiger partial charge in [-0.3, -0.25) is 8.22 Å². The van der Waals surface area contributed by atoms with Gasteiger partial charge in [0.25, 0.3) is 0 Å². The lowest BCUT2D eigenvalue weighted by Gasteiger charge is -2.29. The highest BCUT2D eigenvalue weighted by Gasteiger charge is 2.09. The fraction of sp³-hybridized carbons (Fsp3) is 0.750. The number of hydrogen-bond acceptors (Lipinski definition) is 1. The maximum atomic E-state index is 11.9. The van der Waals surface area contributed by atoms with E-state index >= 15 is 0 Å². The minimum atomic E-state index is -3.53. The van der Waals surface area contributed by atoms with Crippen molar-refractivity contribution < 1.29 is 8.22 Å². The molecule has 0 N–H and O–H groups in total. The highest BCUT2D eigenvalue weighted by molar-refractivity contribution is 6.49. The summed E-state index contributed by atoms with van der Waals surface area (Å²) in [5.74, 6) is 0. The van der Waals surface area contributed by atoms with Crippen LogP contribution in [0.4, 0.5) is 8.22 Å². The van der Waals surface area contributed by atoms with Crippen LogP contribution >= 0.6 is 0 Å². The Morgan fingerprint density at radius 3 is 1.75 bits per heavy atom. The first-order chi connectivity index (χ1) is 5.45. The van der Waals surface area contributed by atoms with Crippen LogP contribution in [0.1, 0.15) is 27.7 Å². The van der Waals surface area contributed by atoms with Crippen LogP contribution in [0.2, 0.25) is 0 Å². The van der Waals surface area contributed by atoms with Gasteiger partial charge in [-0.25, -0.2) is 0 Å². The van der Waals surface area contributed by atoms with Gasteiger partial charge in [-0.2, -0.15) is 0 Å². The largest absolute Gasteiger partial charge is 0.436 e. The standard InChI is InChI=1S/C8H17F2NSi/c1-7(2)11(8(3)4)5-6-12(9)10/h5-8,12H,1-4H3. The monoisotopic (exact) mass is 193 g/mol. The van der Waals surface area contributed by atoms with Crippen molar-refractivity contribution in [3.05, 3.63) is 11.9 Å². The van der Waals surface area contributed by atoms with E-state index in [4.69, 9.17) is 0 Å². The van der Waals surface area contributed by atoms with E-state index in [-0.39, 0.29) is 12.1 Å². The zero-order chi connectivity index (χ0) is 9.72. The van der Waals surface area contributed by atoms with E-state index in [1.54, 1.807) is 0 Å². The van der Waals surface area contributed by atoms with Gasteiger partial charge in [0.15, 0.2) is 0 Å². The van der Waals surface area contributed by atoms with Crippen molar-refractivity contribution in [2.45, 2.75) is 39.8 Å². The topological polar surface area (TPSA) is 3.24 Å². The molecule has 0 heterocycles. The molecule has 0 radical (unpaired) electrons. The summed E-state index contributed by atoms with van der Waals surface area (Å²) in [6.45, 7) is 7.99. The molecule has 0 bridgehead atoms. The smallest absolute Gasteiger partial charge is 0.373 e. The SMILES string of the molecule is CC(C)N(C=C[SiH](F)F)C(C)C. The lowest BCUT2D eigenvalue weighted by Crippen LogP contribution is -2.32. The minimum absolute atomic E-state index is 0.286. The van der Waals surface area contributed by atoms with Gasteiger partial charge in [0.1, 0.15) is 0 Å². The Bertz CT molecular complexity index is 138. The first kappa shape index (κ1) is 11.6. The fourth-order valence-electron chi connectivity index (χ4n) is 1.10. The van der Waals surface area contributed by atoms with Crippen LogP contribution in [0, 0.1) is 0 Å². The molecule has 0 unspecified atom stereocenters. The number of hydrogen-bond donors (Lipinski definition) is 0. The first-order valence-electron chi connectivity index (χ1n) is 4.19. The van der Waals surface area contributed by atoms with E-state index in [1.807, 2.05) is 32.6 Å². The molecule has 0 saturated carbocycles. The average Bonchev–Trinajstić information content (AvgIpc) is 1.84. The molecule has 0 aliphatic heterocycles. The van der Waals surface area contributed by atoms with E-state index in [9.17, 15) is 8.22 Å². The molecule has 0 atom stereocenters. The van der Waals surface area contributed by atoms with Crippen molar-refractivity contribution in [3.63, 3.8) is 0 Å².